The summed E-state index contributed by atoms with van der Waals surface area (Å²) in [5.74, 6) is -1.51. The van der Waals surface area contributed by atoms with Gasteiger partial charge in [0.2, 0.25) is 0 Å². The predicted molar refractivity (Wildman–Crippen MR) is 70.6 cm³/mol. The molecule has 0 heterocycles. The topological polar surface area (TPSA) is 38.0 Å². The molecular formula is C14H23FN2. The lowest BCUT2D eigenvalue weighted by atomic mass is 10.1. The third kappa shape index (κ3) is 7.88. The number of rotatable bonds is 8. The minimum atomic E-state index is -1.51. The van der Waals surface area contributed by atoms with Gasteiger partial charge in [0, 0.05) is 0 Å². The Morgan fingerprint density at radius 1 is 1.18 bits per heavy atom. The third-order valence-electron chi connectivity index (χ3n) is 2.70. The third-order valence-corrected chi connectivity index (χ3v) is 2.70. The van der Waals surface area contributed by atoms with Crippen molar-refractivity contribution in [2.75, 3.05) is 13.1 Å². The average molecular weight is 238 g/mol. The molecule has 0 amide bonds. The van der Waals surface area contributed by atoms with Gasteiger partial charge in [0.15, 0.2) is 5.79 Å². The van der Waals surface area contributed by atoms with Gasteiger partial charge in [-0.05, 0) is 51.3 Å². The molecule has 96 valence electrons. The van der Waals surface area contributed by atoms with Crippen LogP contribution in [0.5, 0.6) is 0 Å². The quantitative estimate of drug-likeness (QED) is 0.540. The molecule has 0 spiro atoms. The number of alkyl halides is 1. The van der Waals surface area contributed by atoms with E-state index in [0.29, 0.717) is 6.42 Å². The zero-order valence-electron chi connectivity index (χ0n) is 10.6. The van der Waals surface area contributed by atoms with Crippen LogP contribution in [0, 0.1) is 0 Å². The molecule has 1 aromatic carbocycles. The lowest BCUT2D eigenvalue weighted by Gasteiger charge is -2.13. The second-order valence-electron chi connectivity index (χ2n) is 4.72. The van der Waals surface area contributed by atoms with Crippen LogP contribution in [-0.2, 0) is 6.42 Å². The molecule has 2 nitrogen and oxygen atoms in total. The molecule has 3 N–H and O–H groups in total. The first-order chi connectivity index (χ1) is 8.08. The molecule has 0 radical (unpaired) electrons. The molecule has 0 aliphatic heterocycles. The minimum absolute atomic E-state index is 0.438. The predicted octanol–water partition coefficient (Wildman–Crippen LogP) is 2.63. The summed E-state index contributed by atoms with van der Waals surface area (Å²) < 4.78 is 12.9. The van der Waals surface area contributed by atoms with Gasteiger partial charge in [-0.2, -0.15) is 0 Å². The van der Waals surface area contributed by atoms with E-state index >= 15 is 0 Å². The molecule has 3 heteroatoms. The Labute approximate surface area is 103 Å². The fourth-order valence-corrected chi connectivity index (χ4v) is 1.72. The molecule has 0 aromatic heterocycles. The summed E-state index contributed by atoms with van der Waals surface area (Å²) in [7, 11) is 0. The first-order valence-corrected chi connectivity index (χ1v) is 6.30. The fraction of sp³-hybridized carbons (Fsp3) is 0.571. The van der Waals surface area contributed by atoms with Crippen LogP contribution >= 0.6 is 0 Å². The van der Waals surface area contributed by atoms with E-state index in [9.17, 15) is 4.39 Å². The van der Waals surface area contributed by atoms with Gasteiger partial charge in [0.05, 0.1) is 0 Å². The highest BCUT2D eigenvalue weighted by atomic mass is 19.1. The van der Waals surface area contributed by atoms with Crippen molar-refractivity contribution in [1.29, 1.82) is 0 Å². The van der Waals surface area contributed by atoms with Crippen LogP contribution in [0.25, 0.3) is 0 Å². The lowest BCUT2D eigenvalue weighted by molar-refractivity contribution is 0.179. The number of nitrogens with two attached hydrogens (primary N) is 1. The monoisotopic (exact) mass is 238 g/mol. The number of nitrogens with one attached hydrogen (secondary N) is 1. The van der Waals surface area contributed by atoms with Crippen LogP contribution in [0.15, 0.2) is 30.3 Å². The van der Waals surface area contributed by atoms with Crippen molar-refractivity contribution in [1.82, 2.24) is 5.32 Å². The maximum absolute atomic E-state index is 12.9. The second kappa shape index (κ2) is 7.41. The number of unbranched alkanes of at least 4 members (excludes halogenated alkanes) is 1. The van der Waals surface area contributed by atoms with Crippen LogP contribution in [0.4, 0.5) is 4.39 Å². The molecule has 1 rings (SSSR count). The average Bonchev–Trinajstić information content (AvgIpc) is 2.28. The number of benzene rings is 1. The van der Waals surface area contributed by atoms with Gasteiger partial charge in [0.25, 0.3) is 0 Å². The van der Waals surface area contributed by atoms with E-state index in [-0.39, 0.29) is 0 Å². The summed E-state index contributed by atoms with van der Waals surface area (Å²) >= 11 is 0. The zero-order chi connectivity index (χ0) is 12.6. The van der Waals surface area contributed by atoms with E-state index in [1.54, 1.807) is 0 Å². The summed E-state index contributed by atoms with van der Waals surface area (Å²) in [6.07, 6.45) is 3.29. The van der Waals surface area contributed by atoms with E-state index in [1.807, 2.05) is 6.07 Å². The van der Waals surface area contributed by atoms with Gasteiger partial charge in [-0.25, -0.2) is 4.39 Å². The van der Waals surface area contributed by atoms with Crippen LogP contribution in [0.1, 0.15) is 31.7 Å². The van der Waals surface area contributed by atoms with Crippen molar-refractivity contribution < 1.29 is 4.39 Å². The molecule has 17 heavy (non-hydrogen) atoms. The van der Waals surface area contributed by atoms with Crippen molar-refractivity contribution in [3.63, 3.8) is 0 Å². The zero-order valence-corrected chi connectivity index (χ0v) is 10.6. The number of hydrogen-bond donors (Lipinski definition) is 2. The molecule has 1 aromatic rings. The molecular weight excluding hydrogens is 215 g/mol. The normalized spacial score (nSPS) is 14.5. The van der Waals surface area contributed by atoms with Gasteiger partial charge in [-0.3, -0.25) is 5.73 Å². The Bertz CT molecular complexity index is 293. The standard InChI is InChI=1S/C14H23FN2/c1-14(15,16)10-5-6-11-17-12-9-13-7-3-2-4-8-13/h2-4,7-8,17H,5-6,9-12,16H2,1H3. The second-order valence-corrected chi connectivity index (χ2v) is 4.72. The van der Waals surface area contributed by atoms with Gasteiger partial charge in [-0.15, -0.1) is 0 Å². The minimum Gasteiger partial charge on any atom is -0.316 e. The SMILES string of the molecule is CC(N)(F)CCCCNCCc1ccccc1. The van der Waals surface area contributed by atoms with Gasteiger partial charge < -0.3 is 5.32 Å². The summed E-state index contributed by atoms with van der Waals surface area (Å²) in [6.45, 7) is 3.33. The summed E-state index contributed by atoms with van der Waals surface area (Å²) in [4.78, 5) is 0. The molecule has 0 fully saturated rings. The van der Waals surface area contributed by atoms with E-state index in [2.05, 4.69) is 29.6 Å². The number of halogens is 1. The highest BCUT2D eigenvalue weighted by Crippen LogP contribution is 2.10. The van der Waals surface area contributed by atoms with Gasteiger partial charge in [-0.1, -0.05) is 30.3 Å². The van der Waals surface area contributed by atoms with Crippen LogP contribution in [0.3, 0.4) is 0 Å². The Morgan fingerprint density at radius 2 is 1.88 bits per heavy atom. The Kier molecular flexibility index (Phi) is 6.16. The molecule has 0 aliphatic carbocycles. The molecule has 0 saturated heterocycles. The number of hydrogen-bond acceptors (Lipinski definition) is 2. The molecule has 0 saturated carbocycles. The molecule has 0 aliphatic rings. The van der Waals surface area contributed by atoms with Crippen molar-refractivity contribution in [3.05, 3.63) is 35.9 Å². The largest absolute Gasteiger partial charge is 0.316 e. The lowest BCUT2D eigenvalue weighted by Crippen LogP contribution is -2.30. The first-order valence-electron chi connectivity index (χ1n) is 6.30. The van der Waals surface area contributed by atoms with Crippen LogP contribution in [-0.4, -0.2) is 18.9 Å². The molecule has 1 unspecified atom stereocenters. The summed E-state index contributed by atoms with van der Waals surface area (Å²) in [6, 6.07) is 10.4. The molecule has 1 atom stereocenters. The highest BCUT2D eigenvalue weighted by Gasteiger charge is 2.14. The van der Waals surface area contributed by atoms with Crippen molar-refractivity contribution >= 4 is 0 Å². The van der Waals surface area contributed by atoms with Crippen molar-refractivity contribution in [2.24, 2.45) is 5.73 Å². The molecule has 0 bridgehead atoms. The smallest absolute Gasteiger partial charge is 0.156 e. The fourth-order valence-electron chi connectivity index (χ4n) is 1.72. The summed E-state index contributed by atoms with van der Waals surface area (Å²) in [5.41, 5.74) is 6.61. The van der Waals surface area contributed by atoms with Crippen LogP contribution < -0.4 is 11.1 Å². The maximum Gasteiger partial charge on any atom is 0.156 e. The van der Waals surface area contributed by atoms with Crippen molar-refractivity contribution in [3.8, 4) is 0 Å². The first kappa shape index (κ1) is 14.1. The maximum atomic E-state index is 12.9. The van der Waals surface area contributed by atoms with Crippen LogP contribution in [0.2, 0.25) is 0 Å². The van der Waals surface area contributed by atoms with E-state index in [4.69, 9.17) is 5.73 Å². The van der Waals surface area contributed by atoms with E-state index in [0.717, 1.165) is 32.4 Å². The Hall–Kier alpha value is -0.930. The highest BCUT2D eigenvalue weighted by molar-refractivity contribution is 5.14. The van der Waals surface area contributed by atoms with Gasteiger partial charge >= 0.3 is 0 Å². The Morgan fingerprint density at radius 3 is 2.53 bits per heavy atom. The Balaban J connectivity index is 1.95. The summed E-state index contributed by atoms with van der Waals surface area (Å²) in [5, 5.41) is 3.36. The van der Waals surface area contributed by atoms with E-state index in [1.165, 1.54) is 12.5 Å². The van der Waals surface area contributed by atoms with E-state index < -0.39 is 5.79 Å². The van der Waals surface area contributed by atoms with Gasteiger partial charge in [0.1, 0.15) is 0 Å². The van der Waals surface area contributed by atoms with Crippen molar-refractivity contribution in [2.45, 2.75) is 38.4 Å².